The van der Waals surface area contributed by atoms with Gasteiger partial charge in [-0.15, -0.1) is 0 Å². The zero-order valence-corrected chi connectivity index (χ0v) is 17.1. The molecule has 0 heterocycles. The molecule has 0 bridgehead atoms. The fraction of sp³-hybridized carbons (Fsp3) is 1.00. The van der Waals surface area contributed by atoms with Crippen LogP contribution in [0.15, 0.2) is 0 Å². The molecule has 0 aromatic carbocycles. The lowest BCUT2D eigenvalue weighted by Gasteiger charge is -2.32. The Morgan fingerprint density at radius 1 is 0.870 bits per heavy atom. The van der Waals surface area contributed by atoms with Crippen LogP contribution in [-0.4, -0.2) is 11.8 Å². The lowest BCUT2D eigenvalue weighted by Crippen LogP contribution is -2.21. The molecule has 0 aromatic heterocycles. The quantitative estimate of drug-likeness (QED) is 0.258. The van der Waals surface area contributed by atoms with Crippen molar-refractivity contribution in [1.29, 1.82) is 0 Å². The Kier molecular flexibility index (Phi) is 13.5. The molecule has 0 saturated heterocycles. The van der Waals surface area contributed by atoms with Crippen LogP contribution in [0.25, 0.3) is 0 Å². The molecule has 0 aliphatic heterocycles. The second-order valence-corrected chi connectivity index (χ2v) is 9.53. The molecule has 3 atom stereocenters. The molecule has 140 valence electrons. The third-order valence-corrected chi connectivity index (χ3v) is 6.61. The van der Waals surface area contributed by atoms with Gasteiger partial charge in [0.05, 0.1) is 6.10 Å². The van der Waals surface area contributed by atoms with E-state index in [9.17, 15) is 9.46 Å². The second kappa shape index (κ2) is 13.4. The third kappa shape index (κ3) is 11.3. The van der Waals surface area contributed by atoms with Crippen molar-refractivity contribution in [3.63, 3.8) is 0 Å². The first kappa shape index (κ1) is 23.1. The predicted molar refractivity (Wildman–Crippen MR) is 98.9 cm³/mol. The maximum absolute atomic E-state index is 12.1. The highest BCUT2D eigenvalue weighted by atomic mass is 31.2. The number of rotatable bonds is 15. The smallest absolute Gasteiger partial charge is 0.137 e. The summed E-state index contributed by atoms with van der Waals surface area (Å²) in [4.78, 5) is 12.1. The number of unbranched alkanes of at least 4 members (excludes halogenated alkanes) is 4. The van der Waals surface area contributed by atoms with E-state index in [1.165, 1.54) is 44.9 Å². The SMILES string of the molecule is CCCCCCC(CCC(CC)CCCC)OP(=O)([O-])C(C)C. The normalized spacial score (nSPS) is 17.2. The lowest BCUT2D eigenvalue weighted by molar-refractivity contribution is -0.205. The van der Waals surface area contributed by atoms with Crippen molar-refractivity contribution < 1.29 is 14.0 Å². The zero-order chi connectivity index (χ0) is 17.7. The van der Waals surface area contributed by atoms with E-state index in [0.29, 0.717) is 5.92 Å². The standard InChI is InChI=1S/C19H41O3P/c1-6-9-11-12-14-19(22-23(20,21)17(4)5)16-15-18(8-3)13-10-7-2/h17-19H,6-16H2,1-5H3,(H,20,21)/p-1. The van der Waals surface area contributed by atoms with Gasteiger partial charge < -0.3 is 14.0 Å². The summed E-state index contributed by atoms with van der Waals surface area (Å²) >= 11 is 0. The molecule has 0 saturated carbocycles. The molecule has 0 N–H and O–H groups in total. The summed E-state index contributed by atoms with van der Waals surface area (Å²) in [5.74, 6) is 0.710. The Bertz CT molecular complexity index is 318. The highest BCUT2D eigenvalue weighted by Gasteiger charge is 2.21. The molecule has 0 aliphatic carbocycles. The van der Waals surface area contributed by atoms with Crippen molar-refractivity contribution in [2.45, 2.75) is 117 Å². The van der Waals surface area contributed by atoms with Crippen LogP contribution in [0.3, 0.4) is 0 Å². The Labute approximate surface area is 145 Å². The van der Waals surface area contributed by atoms with E-state index < -0.39 is 13.3 Å². The van der Waals surface area contributed by atoms with E-state index in [0.717, 1.165) is 25.7 Å². The molecule has 4 heteroatoms. The van der Waals surface area contributed by atoms with Crippen LogP contribution in [0, 0.1) is 5.92 Å². The largest absolute Gasteiger partial charge is 0.778 e. The van der Waals surface area contributed by atoms with Crippen molar-refractivity contribution >= 4 is 7.60 Å². The zero-order valence-electron chi connectivity index (χ0n) is 16.2. The fourth-order valence-electron chi connectivity index (χ4n) is 2.85. The van der Waals surface area contributed by atoms with Crippen LogP contribution < -0.4 is 4.89 Å². The maximum Gasteiger partial charge on any atom is 0.137 e. The molecule has 0 aliphatic rings. The Morgan fingerprint density at radius 3 is 2.04 bits per heavy atom. The average Bonchev–Trinajstić information content (AvgIpc) is 2.50. The van der Waals surface area contributed by atoms with Gasteiger partial charge in [0.1, 0.15) is 7.60 Å². The molecule has 0 rings (SSSR count). The van der Waals surface area contributed by atoms with Gasteiger partial charge in [0.25, 0.3) is 0 Å². The molecule has 3 nitrogen and oxygen atoms in total. The van der Waals surface area contributed by atoms with Gasteiger partial charge in [-0.25, -0.2) is 0 Å². The highest BCUT2D eigenvalue weighted by Crippen LogP contribution is 2.45. The molecule has 0 radical (unpaired) electrons. The van der Waals surface area contributed by atoms with Gasteiger partial charge in [-0.05, 0) is 25.2 Å². The van der Waals surface area contributed by atoms with E-state index >= 15 is 0 Å². The molecule has 0 amide bonds. The van der Waals surface area contributed by atoms with E-state index in [-0.39, 0.29) is 6.10 Å². The summed E-state index contributed by atoms with van der Waals surface area (Å²) in [6.07, 6.45) is 12.3. The lowest BCUT2D eigenvalue weighted by atomic mass is 9.92. The molecule has 0 aromatic rings. The second-order valence-electron chi connectivity index (χ2n) is 7.20. The minimum atomic E-state index is -3.72. The Morgan fingerprint density at radius 2 is 1.52 bits per heavy atom. The molecule has 3 unspecified atom stereocenters. The van der Waals surface area contributed by atoms with Crippen molar-refractivity contribution in [1.82, 2.24) is 0 Å². The maximum atomic E-state index is 12.1. The van der Waals surface area contributed by atoms with Crippen LogP contribution in [0.2, 0.25) is 0 Å². The topological polar surface area (TPSA) is 49.4 Å². The van der Waals surface area contributed by atoms with Gasteiger partial charge >= 0.3 is 0 Å². The molecule has 0 fully saturated rings. The Balaban J connectivity index is 4.48. The molecule has 23 heavy (non-hydrogen) atoms. The summed E-state index contributed by atoms with van der Waals surface area (Å²) in [7, 11) is -3.72. The van der Waals surface area contributed by atoms with Crippen molar-refractivity contribution in [2.75, 3.05) is 0 Å². The summed E-state index contributed by atoms with van der Waals surface area (Å²) < 4.78 is 17.7. The highest BCUT2D eigenvalue weighted by molar-refractivity contribution is 7.52. The summed E-state index contributed by atoms with van der Waals surface area (Å²) in [5.41, 5.74) is -0.428. The van der Waals surface area contributed by atoms with Crippen LogP contribution in [-0.2, 0) is 9.09 Å². The van der Waals surface area contributed by atoms with Crippen molar-refractivity contribution in [3.05, 3.63) is 0 Å². The first-order chi connectivity index (χ1) is 10.9. The number of hydrogen-bond acceptors (Lipinski definition) is 3. The first-order valence-corrected chi connectivity index (χ1v) is 11.5. The van der Waals surface area contributed by atoms with Crippen LogP contribution in [0.4, 0.5) is 0 Å². The monoisotopic (exact) mass is 347 g/mol. The van der Waals surface area contributed by atoms with Crippen molar-refractivity contribution in [2.24, 2.45) is 5.92 Å². The summed E-state index contributed by atoms with van der Waals surface area (Å²) in [6, 6.07) is 0. The van der Waals surface area contributed by atoms with Gasteiger partial charge in [0.15, 0.2) is 0 Å². The van der Waals surface area contributed by atoms with Crippen molar-refractivity contribution in [3.8, 4) is 0 Å². The van der Waals surface area contributed by atoms with E-state index in [1.54, 1.807) is 13.8 Å². The van der Waals surface area contributed by atoms with Gasteiger partial charge in [0.2, 0.25) is 0 Å². The first-order valence-electron chi connectivity index (χ1n) is 9.86. The number of hydrogen-bond donors (Lipinski definition) is 0. The minimum Gasteiger partial charge on any atom is -0.778 e. The van der Waals surface area contributed by atoms with Crippen LogP contribution >= 0.6 is 7.60 Å². The molecule has 0 spiro atoms. The predicted octanol–water partition coefficient (Wildman–Crippen LogP) is 6.30. The molecular formula is C19H40O3P-. The summed E-state index contributed by atoms with van der Waals surface area (Å²) in [5, 5.41) is 0. The fourth-order valence-corrected chi connectivity index (χ4v) is 3.71. The van der Waals surface area contributed by atoms with E-state index in [2.05, 4.69) is 20.8 Å². The average molecular weight is 348 g/mol. The van der Waals surface area contributed by atoms with Gasteiger partial charge in [0, 0.05) is 5.66 Å². The van der Waals surface area contributed by atoms with Gasteiger partial charge in [-0.2, -0.15) is 0 Å². The van der Waals surface area contributed by atoms with Crippen LogP contribution in [0.1, 0.15) is 105 Å². The van der Waals surface area contributed by atoms with E-state index in [1.807, 2.05) is 0 Å². The summed E-state index contributed by atoms with van der Waals surface area (Å²) in [6.45, 7) is 10.1. The Hall–Kier alpha value is 0.150. The minimum absolute atomic E-state index is 0.117. The molecular weight excluding hydrogens is 307 g/mol. The third-order valence-electron chi connectivity index (χ3n) is 4.75. The van der Waals surface area contributed by atoms with Crippen LogP contribution in [0.5, 0.6) is 0 Å². The van der Waals surface area contributed by atoms with E-state index in [4.69, 9.17) is 4.52 Å². The van der Waals surface area contributed by atoms with Gasteiger partial charge in [-0.3, -0.25) is 0 Å². The van der Waals surface area contributed by atoms with Gasteiger partial charge in [-0.1, -0.05) is 86.0 Å².